The highest BCUT2D eigenvalue weighted by Gasteiger charge is 2.09. The van der Waals surface area contributed by atoms with Gasteiger partial charge in [-0.15, -0.1) is 0 Å². The number of rotatable bonds is 4. The van der Waals surface area contributed by atoms with Crippen LogP contribution in [0.4, 0.5) is 10.1 Å². The van der Waals surface area contributed by atoms with Gasteiger partial charge in [-0.3, -0.25) is 0 Å². The molecule has 0 saturated carbocycles. The molecule has 0 bridgehead atoms. The summed E-state index contributed by atoms with van der Waals surface area (Å²) in [5.41, 5.74) is 2.92. The molecule has 0 aliphatic carbocycles. The zero-order chi connectivity index (χ0) is 10.6. The van der Waals surface area contributed by atoms with Gasteiger partial charge in [0, 0.05) is 12.7 Å². The third-order valence-corrected chi connectivity index (χ3v) is 2.38. The number of nitrogens with one attached hydrogen (secondary N) is 1. The Morgan fingerprint density at radius 2 is 2.14 bits per heavy atom. The zero-order valence-electron chi connectivity index (χ0n) is 9.10. The van der Waals surface area contributed by atoms with E-state index in [2.05, 4.69) is 12.2 Å². The molecule has 1 rings (SSSR count). The Kier molecular flexibility index (Phi) is 3.93. The van der Waals surface area contributed by atoms with Crippen molar-refractivity contribution in [3.63, 3.8) is 0 Å². The molecule has 0 spiro atoms. The van der Waals surface area contributed by atoms with Crippen LogP contribution in [0.25, 0.3) is 0 Å². The van der Waals surface area contributed by atoms with Crippen molar-refractivity contribution < 1.29 is 4.39 Å². The van der Waals surface area contributed by atoms with Gasteiger partial charge < -0.3 is 5.32 Å². The summed E-state index contributed by atoms with van der Waals surface area (Å²) in [7, 11) is 1.85. The van der Waals surface area contributed by atoms with Crippen molar-refractivity contribution >= 4 is 5.69 Å². The van der Waals surface area contributed by atoms with Gasteiger partial charge in [0.1, 0.15) is 6.17 Å². The minimum atomic E-state index is -0.884. The molecule has 1 aromatic rings. The molecule has 1 nitrogen and oxygen atoms in total. The summed E-state index contributed by atoms with van der Waals surface area (Å²) in [6, 6.07) is 5.91. The molecule has 14 heavy (non-hydrogen) atoms. The summed E-state index contributed by atoms with van der Waals surface area (Å²) in [6.45, 7) is 3.70. The van der Waals surface area contributed by atoms with E-state index in [1.54, 1.807) is 6.92 Å². The largest absolute Gasteiger partial charge is 0.388 e. The van der Waals surface area contributed by atoms with Gasteiger partial charge in [0.05, 0.1) is 0 Å². The van der Waals surface area contributed by atoms with Crippen LogP contribution in [0.2, 0.25) is 0 Å². The fourth-order valence-electron chi connectivity index (χ4n) is 1.62. The Morgan fingerprint density at radius 1 is 1.43 bits per heavy atom. The number of hydrogen-bond donors (Lipinski definition) is 1. The number of hydrogen-bond acceptors (Lipinski definition) is 1. The standard InChI is InChI=1S/C12H18FN/c1-4-5-10-6-7-11(14-3)8-12(10)9(2)13/h6-9,14H,4-5H2,1-3H3. The normalized spacial score (nSPS) is 12.6. The topological polar surface area (TPSA) is 12.0 Å². The first-order valence-electron chi connectivity index (χ1n) is 5.13. The lowest BCUT2D eigenvalue weighted by molar-refractivity contribution is 0.372. The molecule has 1 aromatic carbocycles. The molecule has 0 aliphatic rings. The van der Waals surface area contributed by atoms with E-state index < -0.39 is 6.17 Å². The van der Waals surface area contributed by atoms with Gasteiger partial charge in [0.15, 0.2) is 0 Å². The summed E-state index contributed by atoms with van der Waals surface area (Å²) >= 11 is 0. The van der Waals surface area contributed by atoms with Gasteiger partial charge in [-0.05, 0) is 36.6 Å². The highest BCUT2D eigenvalue weighted by molar-refractivity contribution is 5.49. The van der Waals surface area contributed by atoms with Crippen molar-refractivity contribution in [2.45, 2.75) is 32.9 Å². The molecule has 0 radical (unpaired) electrons. The van der Waals surface area contributed by atoms with Crippen molar-refractivity contribution in [3.05, 3.63) is 29.3 Å². The summed E-state index contributed by atoms with van der Waals surface area (Å²) in [5.74, 6) is 0. The first-order valence-corrected chi connectivity index (χ1v) is 5.13. The summed E-state index contributed by atoms with van der Waals surface area (Å²) in [6.07, 6.45) is 1.12. The minimum absolute atomic E-state index is 0.818. The summed E-state index contributed by atoms with van der Waals surface area (Å²) in [4.78, 5) is 0. The van der Waals surface area contributed by atoms with E-state index >= 15 is 0 Å². The average molecular weight is 195 g/mol. The van der Waals surface area contributed by atoms with Gasteiger partial charge >= 0.3 is 0 Å². The Morgan fingerprint density at radius 3 is 2.64 bits per heavy atom. The first kappa shape index (κ1) is 11.0. The number of benzene rings is 1. The van der Waals surface area contributed by atoms with E-state index in [4.69, 9.17) is 0 Å². The van der Waals surface area contributed by atoms with Crippen molar-refractivity contribution in [1.82, 2.24) is 0 Å². The number of halogens is 1. The van der Waals surface area contributed by atoms with Crippen molar-refractivity contribution in [2.75, 3.05) is 12.4 Å². The molecule has 1 N–H and O–H groups in total. The fourth-order valence-corrected chi connectivity index (χ4v) is 1.62. The molecular formula is C12H18FN. The van der Waals surface area contributed by atoms with Crippen LogP contribution in [-0.4, -0.2) is 7.05 Å². The molecule has 1 atom stereocenters. The van der Waals surface area contributed by atoms with Crippen LogP contribution in [0.3, 0.4) is 0 Å². The molecule has 0 heterocycles. The van der Waals surface area contributed by atoms with Crippen LogP contribution in [0.5, 0.6) is 0 Å². The average Bonchev–Trinajstić information content (AvgIpc) is 2.18. The highest BCUT2D eigenvalue weighted by Crippen LogP contribution is 2.25. The molecule has 0 amide bonds. The zero-order valence-corrected chi connectivity index (χ0v) is 9.10. The summed E-state index contributed by atoms with van der Waals surface area (Å²) in [5, 5.41) is 3.02. The van der Waals surface area contributed by atoms with Crippen LogP contribution in [0.15, 0.2) is 18.2 Å². The van der Waals surface area contributed by atoms with Crippen molar-refractivity contribution in [2.24, 2.45) is 0 Å². The second kappa shape index (κ2) is 4.99. The molecule has 0 aromatic heterocycles. The fraction of sp³-hybridized carbons (Fsp3) is 0.500. The van der Waals surface area contributed by atoms with E-state index in [1.807, 2.05) is 25.2 Å². The number of aryl methyl sites for hydroxylation is 1. The van der Waals surface area contributed by atoms with Gasteiger partial charge in [-0.1, -0.05) is 19.4 Å². The lowest BCUT2D eigenvalue weighted by Crippen LogP contribution is -1.97. The Balaban J connectivity index is 3.03. The van der Waals surface area contributed by atoms with E-state index in [0.29, 0.717) is 0 Å². The molecular weight excluding hydrogens is 177 g/mol. The van der Waals surface area contributed by atoms with E-state index in [1.165, 1.54) is 0 Å². The van der Waals surface area contributed by atoms with E-state index in [-0.39, 0.29) is 0 Å². The van der Waals surface area contributed by atoms with Crippen LogP contribution in [-0.2, 0) is 6.42 Å². The summed E-state index contributed by atoms with van der Waals surface area (Å²) < 4.78 is 13.3. The highest BCUT2D eigenvalue weighted by atomic mass is 19.1. The molecule has 1 unspecified atom stereocenters. The predicted octanol–water partition coefficient (Wildman–Crippen LogP) is 3.71. The van der Waals surface area contributed by atoms with Crippen LogP contribution in [0.1, 0.15) is 37.6 Å². The maximum absolute atomic E-state index is 13.3. The van der Waals surface area contributed by atoms with Crippen LogP contribution in [0, 0.1) is 0 Å². The molecule has 0 fully saturated rings. The lowest BCUT2D eigenvalue weighted by Gasteiger charge is -2.12. The SMILES string of the molecule is CCCc1ccc(NC)cc1C(C)F. The number of anilines is 1. The molecule has 78 valence electrons. The molecule has 0 saturated heterocycles. The smallest absolute Gasteiger partial charge is 0.123 e. The van der Waals surface area contributed by atoms with E-state index in [0.717, 1.165) is 29.7 Å². The Labute approximate surface area is 85.3 Å². The van der Waals surface area contributed by atoms with Crippen molar-refractivity contribution in [1.29, 1.82) is 0 Å². The Hall–Kier alpha value is -1.05. The van der Waals surface area contributed by atoms with E-state index in [9.17, 15) is 4.39 Å². The van der Waals surface area contributed by atoms with Crippen LogP contribution >= 0.6 is 0 Å². The maximum atomic E-state index is 13.3. The third-order valence-electron chi connectivity index (χ3n) is 2.38. The minimum Gasteiger partial charge on any atom is -0.388 e. The monoisotopic (exact) mass is 195 g/mol. The molecule has 2 heteroatoms. The second-order valence-electron chi connectivity index (χ2n) is 3.53. The Bertz CT molecular complexity index is 294. The van der Waals surface area contributed by atoms with Crippen molar-refractivity contribution in [3.8, 4) is 0 Å². The third kappa shape index (κ3) is 2.47. The van der Waals surface area contributed by atoms with Gasteiger partial charge in [-0.2, -0.15) is 0 Å². The second-order valence-corrected chi connectivity index (χ2v) is 3.53. The van der Waals surface area contributed by atoms with Gasteiger partial charge in [-0.25, -0.2) is 4.39 Å². The predicted molar refractivity (Wildman–Crippen MR) is 59.5 cm³/mol. The molecule has 0 aliphatic heterocycles. The van der Waals surface area contributed by atoms with Crippen LogP contribution < -0.4 is 5.32 Å². The quantitative estimate of drug-likeness (QED) is 0.772. The first-order chi connectivity index (χ1) is 6.69. The lowest BCUT2D eigenvalue weighted by atomic mass is 9.99. The number of alkyl halides is 1. The van der Waals surface area contributed by atoms with Gasteiger partial charge in [0.2, 0.25) is 0 Å². The maximum Gasteiger partial charge on any atom is 0.123 e. The van der Waals surface area contributed by atoms with Gasteiger partial charge in [0.25, 0.3) is 0 Å².